The van der Waals surface area contributed by atoms with Crippen LogP contribution >= 0.6 is 0 Å². The summed E-state index contributed by atoms with van der Waals surface area (Å²) in [5, 5.41) is 8.48. The number of methoxy groups -OCH3 is 1. The van der Waals surface area contributed by atoms with Crippen molar-refractivity contribution >= 4 is 0 Å². The minimum absolute atomic E-state index is 0.0881. The van der Waals surface area contributed by atoms with Crippen molar-refractivity contribution in [2.45, 2.75) is 12.3 Å². The second-order valence-electron chi connectivity index (χ2n) is 3.02. The normalized spacial score (nSPS) is 11.5. The largest absolute Gasteiger partial charge is 0.496 e. The van der Waals surface area contributed by atoms with Crippen LogP contribution in [0.3, 0.4) is 0 Å². The van der Waals surface area contributed by atoms with Gasteiger partial charge in [0, 0.05) is 13.0 Å². The fourth-order valence-electron chi connectivity index (χ4n) is 1.24. The van der Waals surface area contributed by atoms with E-state index in [1.807, 2.05) is 0 Å². The Morgan fingerprint density at radius 2 is 2.07 bits per heavy atom. The molecule has 0 unspecified atom stereocenters. The van der Waals surface area contributed by atoms with Crippen molar-refractivity contribution in [2.24, 2.45) is 0 Å². The Kier molecular flexibility index (Phi) is 3.57. The van der Waals surface area contributed by atoms with E-state index in [0.29, 0.717) is 6.07 Å². The molecule has 2 nitrogen and oxygen atoms in total. The van der Waals surface area contributed by atoms with Crippen molar-refractivity contribution in [3.05, 3.63) is 29.6 Å². The zero-order valence-corrected chi connectivity index (χ0v) is 8.14. The number of halogens is 3. The van der Waals surface area contributed by atoms with Crippen LogP contribution in [0.5, 0.6) is 5.75 Å². The topological polar surface area (TPSA) is 29.5 Å². The van der Waals surface area contributed by atoms with Gasteiger partial charge in [-0.2, -0.15) is 0 Å². The molecule has 1 aromatic carbocycles. The first-order chi connectivity index (χ1) is 7.01. The van der Waals surface area contributed by atoms with Gasteiger partial charge >= 0.3 is 0 Å². The van der Waals surface area contributed by atoms with Crippen LogP contribution in [0.25, 0.3) is 0 Å². The molecule has 0 saturated heterocycles. The van der Waals surface area contributed by atoms with Gasteiger partial charge in [-0.25, -0.2) is 13.2 Å². The molecule has 5 heteroatoms. The number of aliphatic hydroxyl groups excluding tert-OH is 1. The summed E-state index contributed by atoms with van der Waals surface area (Å²) in [6.45, 7) is -0.674. The summed E-state index contributed by atoms with van der Waals surface area (Å²) in [6.07, 6.45) is -0.757. The van der Waals surface area contributed by atoms with Gasteiger partial charge in [0.25, 0.3) is 5.92 Å². The molecule has 1 rings (SSSR count). The third-order valence-electron chi connectivity index (χ3n) is 1.98. The van der Waals surface area contributed by atoms with Gasteiger partial charge in [-0.3, -0.25) is 0 Å². The molecule has 84 valence electrons. The zero-order chi connectivity index (χ0) is 11.5. The highest BCUT2D eigenvalue weighted by atomic mass is 19.3. The summed E-state index contributed by atoms with van der Waals surface area (Å²) in [5.74, 6) is -4.14. The molecule has 0 radical (unpaired) electrons. The molecule has 0 aliphatic heterocycles. The number of benzene rings is 1. The molecule has 0 fully saturated rings. The van der Waals surface area contributed by atoms with Crippen LogP contribution in [0.2, 0.25) is 0 Å². The summed E-state index contributed by atoms with van der Waals surface area (Å²) in [5.41, 5.74) is -0.543. The Morgan fingerprint density at radius 3 is 2.60 bits per heavy atom. The third kappa shape index (κ3) is 2.62. The van der Waals surface area contributed by atoms with E-state index in [0.717, 1.165) is 12.1 Å². The quantitative estimate of drug-likeness (QED) is 0.843. The molecule has 1 N–H and O–H groups in total. The molecule has 0 heterocycles. The van der Waals surface area contributed by atoms with Gasteiger partial charge in [-0.15, -0.1) is 0 Å². The molecule has 1 aromatic rings. The first kappa shape index (κ1) is 11.8. The Bertz CT molecular complexity index is 339. The second kappa shape index (κ2) is 4.53. The third-order valence-corrected chi connectivity index (χ3v) is 1.98. The van der Waals surface area contributed by atoms with Crippen LogP contribution in [-0.2, 0) is 5.92 Å². The average molecular weight is 220 g/mol. The first-order valence-electron chi connectivity index (χ1n) is 4.34. The maximum Gasteiger partial charge on any atom is 0.279 e. The molecular formula is C10H11F3O2. The van der Waals surface area contributed by atoms with Crippen molar-refractivity contribution < 1.29 is 23.0 Å². The van der Waals surface area contributed by atoms with Crippen molar-refractivity contribution in [2.75, 3.05) is 13.7 Å². The van der Waals surface area contributed by atoms with Crippen LogP contribution in [0.1, 0.15) is 12.0 Å². The summed E-state index contributed by atoms with van der Waals surface area (Å²) < 4.78 is 44.3. The van der Waals surface area contributed by atoms with E-state index < -0.39 is 30.3 Å². The van der Waals surface area contributed by atoms with Crippen LogP contribution in [0, 0.1) is 5.82 Å². The van der Waals surface area contributed by atoms with E-state index in [1.165, 1.54) is 7.11 Å². The van der Waals surface area contributed by atoms with Crippen molar-refractivity contribution in [3.8, 4) is 5.75 Å². The van der Waals surface area contributed by atoms with Gasteiger partial charge in [-0.1, -0.05) is 0 Å². The summed E-state index contributed by atoms with van der Waals surface area (Å²) in [7, 11) is 1.23. The second-order valence-corrected chi connectivity index (χ2v) is 3.02. The van der Waals surface area contributed by atoms with E-state index in [1.54, 1.807) is 0 Å². The van der Waals surface area contributed by atoms with Gasteiger partial charge in [-0.05, 0) is 18.2 Å². The maximum atomic E-state index is 13.4. The highest BCUT2D eigenvalue weighted by Gasteiger charge is 2.34. The van der Waals surface area contributed by atoms with Crippen LogP contribution in [0.4, 0.5) is 13.2 Å². The van der Waals surface area contributed by atoms with Gasteiger partial charge in [0.1, 0.15) is 11.6 Å². The number of rotatable bonds is 4. The first-order valence-corrected chi connectivity index (χ1v) is 4.34. The summed E-state index contributed by atoms with van der Waals surface area (Å²) >= 11 is 0. The lowest BCUT2D eigenvalue weighted by Crippen LogP contribution is -2.16. The average Bonchev–Trinajstić information content (AvgIpc) is 2.17. The van der Waals surface area contributed by atoms with Crippen molar-refractivity contribution in [1.29, 1.82) is 0 Å². The molecule has 0 spiro atoms. The molecule has 0 atom stereocenters. The smallest absolute Gasteiger partial charge is 0.279 e. The van der Waals surface area contributed by atoms with Crippen molar-refractivity contribution in [1.82, 2.24) is 0 Å². The molecular weight excluding hydrogens is 209 g/mol. The molecule has 0 amide bonds. The molecule has 0 aliphatic carbocycles. The Balaban J connectivity index is 3.15. The molecule has 0 aromatic heterocycles. The monoisotopic (exact) mass is 220 g/mol. The maximum absolute atomic E-state index is 13.4. The Morgan fingerprint density at radius 1 is 1.40 bits per heavy atom. The van der Waals surface area contributed by atoms with E-state index in [9.17, 15) is 13.2 Å². The summed E-state index contributed by atoms with van der Waals surface area (Å²) in [4.78, 5) is 0. The zero-order valence-electron chi connectivity index (χ0n) is 8.14. The highest BCUT2D eigenvalue weighted by Crippen LogP contribution is 2.37. The number of ether oxygens (including phenoxy) is 1. The van der Waals surface area contributed by atoms with Gasteiger partial charge in [0.05, 0.1) is 12.7 Å². The van der Waals surface area contributed by atoms with Crippen molar-refractivity contribution in [3.63, 3.8) is 0 Å². The van der Waals surface area contributed by atoms with Gasteiger partial charge in [0.2, 0.25) is 0 Å². The van der Waals surface area contributed by atoms with Gasteiger partial charge in [0.15, 0.2) is 0 Å². The SMILES string of the molecule is COc1ccc(F)cc1C(F)(F)CCO. The lowest BCUT2D eigenvalue weighted by Gasteiger charge is -2.18. The van der Waals surface area contributed by atoms with E-state index in [4.69, 9.17) is 9.84 Å². The fraction of sp³-hybridized carbons (Fsp3) is 0.400. The molecule has 15 heavy (non-hydrogen) atoms. The molecule has 0 aliphatic rings. The standard InChI is InChI=1S/C10H11F3O2/c1-15-9-3-2-7(11)6-8(9)10(12,13)4-5-14/h2-3,6,14H,4-5H2,1H3. The van der Waals surface area contributed by atoms with E-state index >= 15 is 0 Å². The highest BCUT2D eigenvalue weighted by molar-refractivity contribution is 5.37. The number of hydrogen-bond acceptors (Lipinski definition) is 2. The van der Waals surface area contributed by atoms with E-state index in [-0.39, 0.29) is 5.75 Å². The molecule has 0 bridgehead atoms. The minimum Gasteiger partial charge on any atom is -0.496 e. The van der Waals surface area contributed by atoms with Crippen LogP contribution in [-0.4, -0.2) is 18.8 Å². The fourth-order valence-corrected chi connectivity index (χ4v) is 1.24. The lowest BCUT2D eigenvalue weighted by atomic mass is 10.0. The molecule has 0 saturated carbocycles. The predicted molar refractivity (Wildman–Crippen MR) is 48.5 cm³/mol. The van der Waals surface area contributed by atoms with E-state index in [2.05, 4.69) is 0 Å². The Labute approximate surface area is 85.3 Å². The number of hydrogen-bond donors (Lipinski definition) is 1. The number of alkyl halides is 2. The minimum atomic E-state index is -3.29. The Hall–Kier alpha value is -1.23. The lowest BCUT2D eigenvalue weighted by molar-refractivity contribution is -0.0290. The predicted octanol–water partition coefficient (Wildman–Crippen LogP) is 2.31. The number of aliphatic hydroxyl groups is 1. The van der Waals surface area contributed by atoms with Gasteiger partial charge < -0.3 is 9.84 Å². The van der Waals surface area contributed by atoms with Crippen LogP contribution < -0.4 is 4.74 Å². The summed E-state index contributed by atoms with van der Waals surface area (Å²) in [6, 6.07) is 2.89. The van der Waals surface area contributed by atoms with Crippen LogP contribution in [0.15, 0.2) is 18.2 Å².